The van der Waals surface area contributed by atoms with Gasteiger partial charge in [0.05, 0.1) is 5.92 Å². The summed E-state index contributed by atoms with van der Waals surface area (Å²) in [5, 5.41) is 13.3. The van der Waals surface area contributed by atoms with Crippen LogP contribution in [0.3, 0.4) is 0 Å². The zero-order valence-corrected chi connectivity index (χ0v) is 15.2. The van der Waals surface area contributed by atoms with Crippen LogP contribution in [0, 0.1) is 11.7 Å². The van der Waals surface area contributed by atoms with Crippen molar-refractivity contribution in [1.29, 1.82) is 0 Å². The molecule has 1 fully saturated rings. The van der Waals surface area contributed by atoms with Gasteiger partial charge in [-0.1, -0.05) is 30.4 Å². The van der Waals surface area contributed by atoms with Gasteiger partial charge in [0.25, 0.3) is 0 Å². The minimum absolute atomic E-state index is 0.0183. The molecule has 134 valence electrons. The monoisotopic (exact) mass is 362 g/mol. The predicted octanol–water partition coefficient (Wildman–Crippen LogP) is 3.01. The van der Waals surface area contributed by atoms with E-state index in [1.807, 2.05) is 0 Å². The molecule has 1 N–H and O–H groups in total. The van der Waals surface area contributed by atoms with Crippen molar-refractivity contribution < 1.29 is 9.18 Å². The van der Waals surface area contributed by atoms with Gasteiger partial charge in [-0.25, -0.2) is 4.39 Å². The molecular formula is C18H23FN4OS. The number of aromatic nitrogens is 2. The second-order valence-corrected chi connectivity index (χ2v) is 7.40. The number of nitrogens with one attached hydrogen (secondary N) is 1. The molecule has 1 unspecified atom stereocenters. The van der Waals surface area contributed by atoms with Crippen molar-refractivity contribution in [2.24, 2.45) is 5.92 Å². The minimum atomic E-state index is -0.234. The molecule has 1 aliphatic rings. The van der Waals surface area contributed by atoms with Crippen molar-refractivity contribution in [3.8, 4) is 0 Å². The van der Waals surface area contributed by atoms with Crippen LogP contribution in [-0.4, -0.2) is 35.7 Å². The minimum Gasteiger partial charge on any atom is -0.356 e. The van der Waals surface area contributed by atoms with Crippen molar-refractivity contribution in [3.05, 3.63) is 40.7 Å². The molecule has 0 spiro atoms. The zero-order chi connectivity index (χ0) is 17.6. The summed E-state index contributed by atoms with van der Waals surface area (Å²) in [5.41, 5.74) is 1.01. The van der Waals surface area contributed by atoms with Crippen LogP contribution < -0.4 is 10.2 Å². The third kappa shape index (κ3) is 4.75. The fourth-order valence-corrected chi connectivity index (χ4v) is 3.89. The Morgan fingerprint density at radius 2 is 2.16 bits per heavy atom. The Bertz CT molecular complexity index is 703. The van der Waals surface area contributed by atoms with E-state index in [1.165, 1.54) is 12.1 Å². The second kappa shape index (κ2) is 8.38. The first-order chi connectivity index (χ1) is 12.2. The lowest BCUT2D eigenvalue weighted by Crippen LogP contribution is -2.43. The van der Waals surface area contributed by atoms with E-state index in [1.54, 1.807) is 23.5 Å². The van der Waals surface area contributed by atoms with Gasteiger partial charge in [0, 0.05) is 26.1 Å². The van der Waals surface area contributed by atoms with E-state index in [9.17, 15) is 9.18 Å². The number of hydrogen-bond donors (Lipinski definition) is 1. The number of carbonyl (C=O) groups is 1. The highest BCUT2D eigenvalue weighted by molar-refractivity contribution is 7.15. The fourth-order valence-electron chi connectivity index (χ4n) is 2.98. The van der Waals surface area contributed by atoms with Gasteiger partial charge in [-0.15, -0.1) is 10.2 Å². The molecule has 1 amide bonds. The molecule has 0 aliphatic carbocycles. The molecule has 0 saturated carbocycles. The van der Waals surface area contributed by atoms with E-state index >= 15 is 0 Å². The summed E-state index contributed by atoms with van der Waals surface area (Å²) >= 11 is 1.55. The number of nitrogens with zero attached hydrogens (tertiary/aromatic N) is 3. The standard InChI is InChI=1S/C18H23FN4OS/c1-2-9-20-17(24)14-4-3-10-23(12-14)18-22-21-16(25-18)11-13-5-7-15(19)8-6-13/h5-8,14H,2-4,9-12H2,1H3,(H,20,24). The highest BCUT2D eigenvalue weighted by atomic mass is 32.1. The molecule has 2 aromatic rings. The van der Waals surface area contributed by atoms with E-state index in [0.717, 1.165) is 48.1 Å². The van der Waals surface area contributed by atoms with Crippen LogP contribution in [0.2, 0.25) is 0 Å². The number of rotatable bonds is 6. The van der Waals surface area contributed by atoms with Gasteiger partial charge in [0.15, 0.2) is 0 Å². The molecule has 5 nitrogen and oxygen atoms in total. The molecule has 1 aromatic heterocycles. The summed E-state index contributed by atoms with van der Waals surface area (Å²) in [6.07, 6.45) is 3.50. The Kier molecular flexibility index (Phi) is 5.96. The summed E-state index contributed by atoms with van der Waals surface area (Å²) in [4.78, 5) is 14.4. The fraction of sp³-hybridized carbons (Fsp3) is 0.500. The van der Waals surface area contributed by atoms with Gasteiger partial charge in [-0.2, -0.15) is 0 Å². The summed E-state index contributed by atoms with van der Waals surface area (Å²) in [7, 11) is 0. The molecule has 25 heavy (non-hydrogen) atoms. The quantitative estimate of drug-likeness (QED) is 0.858. The van der Waals surface area contributed by atoms with Gasteiger partial charge in [-0.3, -0.25) is 4.79 Å². The average molecular weight is 362 g/mol. The number of carbonyl (C=O) groups excluding carboxylic acids is 1. The molecule has 1 saturated heterocycles. The van der Waals surface area contributed by atoms with Crippen LogP contribution in [0.1, 0.15) is 36.8 Å². The summed E-state index contributed by atoms with van der Waals surface area (Å²) in [6, 6.07) is 6.46. The number of halogens is 1. The van der Waals surface area contributed by atoms with E-state index < -0.39 is 0 Å². The van der Waals surface area contributed by atoms with Gasteiger partial charge >= 0.3 is 0 Å². The number of hydrogen-bond acceptors (Lipinski definition) is 5. The normalized spacial score (nSPS) is 17.5. The lowest BCUT2D eigenvalue weighted by Gasteiger charge is -2.31. The maximum Gasteiger partial charge on any atom is 0.224 e. The maximum atomic E-state index is 13.0. The van der Waals surface area contributed by atoms with Crippen molar-refractivity contribution in [3.63, 3.8) is 0 Å². The highest BCUT2D eigenvalue weighted by Gasteiger charge is 2.27. The van der Waals surface area contributed by atoms with Crippen LogP contribution in [0.25, 0.3) is 0 Å². The summed E-state index contributed by atoms with van der Waals surface area (Å²) in [5.74, 6) is -0.0743. The molecule has 1 aliphatic heterocycles. The summed E-state index contributed by atoms with van der Waals surface area (Å²) in [6.45, 7) is 4.39. The lowest BCUT2D eigenvalue weighted by atomic mass is 9.97. The molecule has 1 atom stereocenters. The first-order valence-corrected chi connectivity index (χ1v) is 9.57. The van der Waals surface area contributed by atoms with E-state index in [4.69, 9.17) is 0 Å². The predicted molar refractivity (Wildman–Crippen MR) is 97.4 cm³/mol. The Morgan fingerprint density at radius 3 is 2.92 bits per heavy atom. The Hall–Kier alpha value is -2.02. The Balaban J connectivity index is 1.61. The first kappa shape index (κ1) is 17.8. The van der Waals surface area contributed by atoms with Gasteiger partial charge in [0.2, 0.25) is 11.0 Å². The molecule has 3 rings (SSSR count). The smallest absolute Gasteiger partial charge is 0.224 e. The van der Waals surface area contributed by atoms with Crippen LogP contribution in [0.15, 0.2) is 24.3 Å². The van der Waals surface area contributed by atoms with Gasteiger partial charge < -0.3 is 10.2 Å². The average Bonchev–Trinajstić information content (AvgIpc) is 3.10. The van der Waals surface area contributed by atoms with Crippen LogP contribution >= 0.6 is 11.3 Å². The van der Waals surface area contributed by atoms with Crippen LogP contribution in [-0.2, 0) is 11.2 Å². The molecule has 7 heteroatoms. The molecule has 0 bridgehead atoms. The topological polar surface area (TPSA) is 58.1 Å². The highest BCUT2D eigenvalue weighted by Crippen LogP contribution is 2.27. The molecule has 0 radical (unpaired) electrons. The number of anilines is 1. The van der Waals surface area contributed by atoms with E-state index in [-0.39, 0.29) is 17.6 Å². The second-order valence-electron chi connectivity index (χ2n) is 6.36. The molecular weight excluding hydrogens is 339 g/mol. The SMILES string of the molecule is CCCNC(=O)C1CCCN(c2nnc(Cc3ccc(F)cc3)s2)C1. The van der Waals surface area contributed by atoms with Gasteiger partial charge in [-0.05, 0) is 37.0 Å². The summed E-state index contributed by atoms with van der Waals surface area (Å²) < 4.78 is 13.0. The third-order valence-corrected chi connectivity index (χ3v) is 5.32. The first-order valence-electron chi connectivity index (χ1n) is 8.75. The number of benzene rings is 1. The Morgan fingerprint density at radius 1 is 1.36 bits per heavy atom. The van der Waals surface area contributed by atoms with E-state index in [0.29, 0.717) is 13.0 Å². The number of piperidine rings is 1. The molecule has 1 aromatic carbocycles. The van der Waals surface area contributed by atoms with Crippen molar-refractivity contribution in [2.45, 2.75) is 32.6 Å². The van der Waals surface area contributed by atoms with E-state index in [2.05, 4.69) is 27.3 Å². The van der Waals surface area contributed by atoms with Crippen molar-refractivity contribution in [2.75, 3.05) is 24.5 Å². The van der Waals surface area contributed by atoms with Crippen molar-refractivity contribution >= 4 is 22.4 Å². The van der Waals surface area contributed by atoms with Crippen molar-refractivity contribution in [1.82, 2.24) is 15.5 Å². The van der Waals surface area contributed by atoms with Crippen LogP contribution in [0.4, 0.5) is 9.52 Å². The Labute approximate surface area is 151 Å². The third-order valence-electron chi connectivity index (χ3n) is 4.34. The largest absolute Gasteiger partial charge is 0.356 e. The van der Waals surface area contributed by atoms with Gasteiger partial charge in [0.1, 0.15) is 10.8 Å². The lowest BCUT2D eigenvalue weighted by molar-refractivity contribution is -0.125. The number of amides is 1. The van der Waals surface area contributed by atoms with Crippen LogP contribution in [0.5, 0.6) is 0 Å². The zero-order valence-electron chi connectivity index (χ0n) is 14.4. The molecule has 2 heterocycles. The maximum absolute atomic E-state index is 13.0.